The number of amides is 1. The zero-order chi connectivity index (χ0) is 15.8. The van der Waals surface area contributed by atoms with Gasteiger partial charge < -0.3 is 11.1 Å². The second kappa shape index (κ2) is 5.18. The highest BCUT2D eigenvalue weighted by Crippen LogP contribution is 2.32. The first-order valence-corrected chi connectivity index (χ1v) is 6.94. The highest BCUT2D eigenvalue weighted by atomic mass is 16.1. The number of benzene rings is 1. The van der Waals surface area contributed by atoms with Crippen LogP contribution in [0.15, 0.2) is 41.5 Å². The molecule has 0 fully saturated rings. The number of carbonyl (C=O) groups is 1. The molecule has 1 aliphatic rings. The molecule has 112 valence electrons. The lowest BCUT2D eigenvalue weighted by Crippen LogP contribution is -2.24. The monoisotopic (exact) mass is 305 g/mol. The molecule has 0 unspecified atom stereocenters. The van der Waals surface area contributed by atoms with E-state index < -0.39 is 0 Å². The van der Waals surface area contributed by atoms with E-state index in [1.165, 1.54) is 0 Å². The number of hydrogen-bond donors (Lipinski definition) is 2. The Morgan fingerprint density at radius 1 is 1.17 bits per heavy atom. The van der Waals surface area contributed by atoms with Crippen molar-refractivity contribution in [1.29, 1.82) is 0 Å². The fourth-order valence-corrected chi connectivity index (χ4v) is 2.42. The van der Waals surface area contributed by atoms with Gasteiger partial charge in [0.05, 0.1) is 34.2 Å². The van der Waals surface area contributed by atoms with Gasteiger partial charge in [-0.05, 0) is 29.5 Å². The van der Waals surface area contributed by atoms with Crippen molar-refractivity contribution in [2.75, 3.05) is 5.32 Å². The number of anilines is 1. The Balaban J connectivity index is 1.66. The van der Waals surface area contributed by atoms with E-state index in [2.05, 4.69) is 30.7 Å². The quantitative estimate of drug-likeness (QED) is 0.743. The van der Waals surface area contributed by atoms with Gasteiger partial charge in [-0.25, -0.2) is 4.99 Å². The molecule has 1 amide bonds. The predicted octanol–water partition coefficient (Wildman–Crippen LogP) is 0.951. The van der Waals surface area contributed by atoms with Crippen molar-refractivity contribution in [3.63, 3.8) is 0 Å². The Kier molecular flexibility index (Phi) is 3.02. The molecule has 0 bridgehead atoms. The van der Waals surface area contributed by atoms with Crippen LogP contribution in [0.4, 0.5) is 11.4 Å². The maximum absolute atomic E-state index is 12.5. The molecule has 0 atom stereocenters. The fraction of sp³-hybridized carbons (Fsp3) is 0.0667. The number of nitrogens with one attached hydrogen (secondary N) is 1. The van der Waals surface area contributed by atoms with Gasteiger partial charge in [0.1, 0.15) is 5.69 Å². The number of aromatic nitrogens is 4. The third-order valence-electron chi connectivity index (χ3n) is 3.52. The van der Waals surface area contributed by atoms with Crippen LogP contribution in [0.5, 0.6) is 0 Å². The molecular formula is C15H11N7O. The summed E-state index contributed by atoms with van der Waals surface area (Å²) < 4.78 is 0. The first-order valence-electron chi connectivity index (χ1n) is 6.94. The SMILES string of the molecule is NCc1ccc(NC(=O)C2=Nc3cccc4nnnc2c34)cn1. The van der Waals surface area contributed by atoms with Crippen molar-refractivity contribution in [2.45, 2.75) is 6.54 Å². The molecule has 0 radical (unpaired) electrons. The average Bonchev–Trinajstić information content (AvgIpc) is 2.97. The number of nitrogens with zero attached hydrogens (tertiary/aromatic N) is 5. The van der Waals surface area contributed by atoms with E-state index in [1.807, 2.05) is 18.2 Å². The second-order valence-electron chi connectivity index (χ2n) is 4.97. The average molecular weight is 305 g/mol. The van der Waals surface area contributed by atoms with Gasteiger partial charge in [-0.1, -0.05) is 6.07 Å². The largest absolute Gasteiger partial charge is 0.325 e. The van der Waals surface area contributed by atoms with Crippen molar-refractivity contribution in [3.05, 3.63) is 47.9 Å². The molecule has 0 saturated heterocycles. The lowest BCUT2D eigenvalue weighted by Gasteiger charge is -2.05. The predicted molar refractivity (Wildman–Crippen MR) is 84.3 cm³/mol. The second-order valence-corrected chi connectivity index (χ2v) is 4.97. The number of carbonyl (C=O) groups excluding carboxylic acids is 1. The number of hydrogen-bond acceptors (Lipinski definition) is 7. The molecule has 3 aromatic rings. The van der Waals surface area contributed by atoms with E-state index in [4.69, 9.17) is 5.73 Å². The smallest absolute Gasteiger partial charge is 0.276 e. The minimum Gasteiger partial charge on any atom is -0.325 e. The summed E-state index contributed by atoms with van der Waals surface area (Å²) in [6.07, 6.45) is 1.55. The zero-order valence-corrected chi connectivity index (χ0v) is 11.9. The summed E-state index contributed by atoms with van der Waals surface area (Å²) in [6.45, 7) is 0.348. The van der Waals surface area contributed by atoms with Crippen molar-refractivity contribution < 1.29 is 4.79 Å². The fourth-order valence-electron chi connectivity index (χ4n) is 2.42. The first kappa shape index (κ1) is 13.4. The van der Waals surface area contributed by atoms with Gasteiger partial charge in [0.15, 0.2) is 5.71 Å². The van der Waals surface area contributed by atoms with E-state index in [0.717, 1.165) is 11.1 Å². The Morgan fingerprint density at radius 2 is 2.09 bits per heavy atom. The minimum atomic E-state index is -0.370. The highest BCUT2D eigenvalue weighted by Gasteiger charge is 2.26. The Hall–Kier alpha value is -3.26. The molecule has 8 heteroatoms. The van der Waals surface area contributed by atoms with Gasteiger partial charge in [0.25, 0.3) is 5.91 Å². The van der Waals surface area contributed by atoms with Crippen LogP contribution >= 0.6 is 0 Å². The third kappa shape index (κ3) is 2.21. The molecule has 8 nitrogen and oxygen atoms in total. The van der Waals surface area contributed by atoms with Gasteiger partial charge in [-0.15, -0.1) is 10.2 Å². The van der Waals surface area contributed by atoms with Crippen LogP contribution in [0.25, 0.3) is 10.9 Å². The first-order chi connectivity index (χ1) is 11.3. The summed E-state index contributed by atoms with van der Waals surface area (Å²) in [6, 6.07) is 8.93. The van der Waals surface area contributed by atoms with Crippen molar-refractivity contribution in [3.8, 4) is 0 Å². The van der Waals surface area contributed by atoms with Crippen LogP contribution in [0.2, 0.25) is 0 Å². The summed E-state index contributed by atoms with van der Waals surface area (Å²) in [5.74, 6) is -0.370. The van der Waals surface area contributed by atoms with Crippen LogP contribution in [0, 0.1) is 0 Å². The van der Waals surface area contributed by atoms with Crippen LogP contribution in [0.1, 0.15) is 11.4 Å². The van der Waals surface area contributed by atoms with Gasteiger partial charge >= 0.3 is 0 Å². The summed E-state index contributed by atoms with van der Waals surface area (Å²) >= 11 is 0. The molecule has 0 aliphatic carbocycles. The lowest BCUT2D eigenvalue weighted by atomic mass is 10.1. The van der Waals surface area contributed by atoms with Gasteiger partial charge in [0.2, 0.25) is 0 Å². The van der Waals surface area contributed by atoms with E-state index in [1.54, 1.807) is 18.3 Å². The van der Waals surface area contributed by atoms with E-state index in [0.29, 0.717) is 29.1 Å². The number of rotatable bonds is 3. The molecule has 1 aliphatic heterocycles. The lowest BCUT2D eigenvalue weighted by molar-refractivity contribution is -0.110. The normalized spacial score (nSPS) is 12.3. The molecule has 2 aromatic heterocycles. The molecular weight excluding hydrogens is 294 g/mol. The number of aliphatic imine (C=N–C) groups is 1. The minimum absolute atomic E-state index is 0.217. The van der Waals surface area contributed by atoms with Gasteiger partial charge in [0, 0.05) is 6.54 Å². The Labute approximate surface area is 130 Å². The van der Waals surface area contributed by atoms with Crippen LogP contribution in [0.3, 0.4) is 0 Å². The van der Waals surface area contributed by atoms with Crippen molar-refractivity contribution in [2.24, 2.45) is 10.7 Å². The van der Waals surface area contributed by atoms with Gasteiger partial charge in [-0.3, -0.25) is 9.78 Å². The van der Waals surface area contributed by atoms with Crippen molar-refractivity contribution >= 4 is 33.9 Å². The molecule has 3 N–H and O–H groups in total. The van der Waals surface area contributed by atoms with Crippen LogP contribution in [-0.4, -0.2) is 32.0 Å². The molecule has 1 aromatic carbocycles. The maximum Gasteiger partial charge on any atom is 0.276 e. The van der Waals surface area contributed by atoms with E-state index in [-0.39, 0.29) is 11.6 Å². The maximum atomic E-state index is 12.5. The number of nitrogens with two attached hydrogens (primary N) is 1. The molecule has 23 heavy (non-hydrogen) atoms. The molecule has 4 rings (SSSR count). The van der Waals surface area contributed by atoms with Crippen molar-refractivity contribution in [1.82, 2.24) is 20.4 Å². The third-order valence-corrected chi connectivity index (χ3v) is 3.52. The van der Waals surface area contributed by atoms with Gasteiger partial charge in [-0.2, -0.15) is 0 Å². The standard InChI is InChI=1S/C15H11N7O/c16-6-8-4-5-9(7-17-8)18-15(23)14-13-12-10(19-14)2-1-3-11(12)20-22-21-13/h1-5,7H,6,16H2,(H,18,23). The Bertz CT molecular complexity index is 944. The summed E-state index contributed by atoms with van der Waals surface area (Å²) in [5.41, 5.74) is 8.79. The van der Waals surface area contributed by atoms with E-state index in [9.17, 15) is 4.79 Å². The topological polar surface area (TPSA) is 119 Å². The molecule has 0 saturated carbocycles. The summed E-state index contributed by atoms with van der Waals surface area (Å²) in [5, 5.41) is 15.1. The Morgan fingerprint density at radius 3 is 2.87 bits per heavy atom. The summed E-state index contributed by atoms with van der Waals surface area (Å²) in [4.78, 5) is 21.0. The van der Waals surface area contributed by atoms with Crippen LogP contribution < -0.4 is 11.1 Å². The number of pyridine rings is 1. The van der Waals surface area contributed by atoms with E-state index >= 15 is 0 Å². The molecule has 0 spiro atoms. The summed E-state index contributed by atoms with van der Waals surface area (Å²) in [7, 11) is 0. The highest BCUT2D eigenvalue weighted by molar-refractivity contribution is 6.52. The molecule has 3 heterocycles. The van der Waals surface area contributed by atoms with Crippen LogP contribution in [-0.2, 0) is 11.3 Å². The zero-order valence-electron chi connectivity index (χ0n) is 11.9.